The number of aliphatic imine (C=N–C) groups is 4. The average molecular weight is 414 g/mol. The van der Waals surface area contributed by atoms with E-state index >= 15 is 0 Å². The van der Waals surface area contributed by atoms with Crippen molar-refractivity contribution < 1.29 is 0 Å². The summed E-state index contributed by atoms with van der Waals surface area (Å²) in [6.45, 7) is 0. The molecule has 6 heteroatoms. The van der Waals surface area contributed by atoms with Gasteiger partial charge in [-0.15, -0.1) is 0 Å². The standard InChI is InChI=1S/C26H18N6/c27-24-3-1-2-22(26(24)28)23-13-21-12-19-7-6-17(30-19)10-15-4-5-16(29-15)11-18-8-9-20(31-18)14-25(23)32-21/h1-14H,27-28H2. The molecular formula is C26H18N6. The number of nitrogen functional groups attached to an aromatic ring is 2. The Labute approximate surface area is 184 Å². The Morgan fingerprint density at radius 3 is 1.72 bits per heavy atom. The predicted octanol–water partition coefficient (Wildman–Crippen LogP) is 4.27. The third-order valence-electron chi connectivity index (χ3n) is 5.47. The molecule has 152 valence electrons. The molecule has 32 heavy (non-hydrogen) atoms. The van der Waals surface area contributed by atoms with Crippen molar-refractivity contribution in [2.45, 2.75) is 0 Å². The quantitative estimate of drug-likeness (QED) is 0.671. The molecule has 0 aromatic heterocycles. The summed E-state index contributed by atoms with van der Waals surface area (Å²) in [4.78, 5) is 18.9. The first-order chi connectivity index (χ1) is 15.6. The van der Waals surface area contributed by atoms with Crippen LogP contribution in [-0.4, -0.2) is 22.8 Å². The van der Waals surface area contributed by atoms with Crippen molar-refractivity contribution in [3.05, 3.63) is 113 Å². The molecule has 0 saturated carbocycles. The van der Waals surface area contributed by atoms with Crippen LogP contribution in [0.1, 0.15) is 5.56 Å². The van der Waals surface area contributed by atoms with Crippen molar-refractivity contribution in [3.8, 4) is 0 Å². The predicted molar refractivity (Wildman–Crippen MR) is 133 cm³/mol. The van der Waals surface area contributed by atoms with Crippen LogP contribution in [0.5, 0.6) is 0 Å². The maximum atomic E-state index is 6.31. The third kappa shape index (κ3) is 3.24. The van der Waals surface area contributed by atoms with E-state index in [-0.39, 0.29) is 0 Å². The van der Waals surface area contributed by atoms with E-state index < -0.39 is 0 Å². The van der Waals surface area contributed by atoms with Crippen molar-refractivity contribution in [3.63, 3.8) is 0 Å². The van der Waals surface area contributed by atoms with Gasteiger partial charge in [0.05, 0.1) is 57.0 Å². The highest BCUT2D eigenvalue weighted by Crippen LogP contribution is 2.33. The summed E-state index contributed by atoms with van der Waals surface area (Å²) < 4.78 is 0. The van der Waals surface area contributed by atoms with Crippen LogP contribution in [0.2, 0.25) is 0 Å². The van der Waals surface area contributed by atoms with E-state index in [2.05, 4.69) is 9.98 Å². The van der Waals surface area contributed by atoms with Crippen LogP contribution in [0.25, 0.3) is 5.57 Å². The van der Waals surface area contributed by atoms with E-state index in [1.54, 1.807) is 6.07 Å². The topological polar surface area (TPSA) is 101 Å². The number of anilines is 2. The number of para-hydroxylation sites is 1. The minimum absolute atomic E-state index is 0.539. The van der Waals surface area contributed by atoms with E-state index in [4.69, 9.17) is 21.5 Å². The van der Waals surface area contributed by atoms with Gasteiger partial charge in [0.25, 0.3) is 0 Å². The molecule has 0 fully saturated rings. The molecule has 6 rings (SSSR count). The number of nitrogens with zero attached hydrogens (tertiary/aromatic N) is 4. The Hall–Kier alpha value is -4.58. The number of nitrogens with two attached hydrogens (primary N) is 2. The first-order valence-corrected chi connectivity index (χ1v) is 10.2. The monoisotopic (exact) mass is 414 g/mol. The van der Waals surface area contributed by atoms with E-state index in [9.17, 15) is 0 Å². The zero-order chi connectivity index (χ0) is 21.7. The highest BCUT2D eigenvalue weighted by Gasteiger charge is 2.20. The van der Waals surface area contributed by atoms with Gasteiger partial charge in [-0.25, -0.2) is 20.0 Å². The van der Waals surface area contributed by atoms with Gasteiger partial charge in [-0.05, 0) is 72.9 Å². The van der Waals surface area contributed by atoms with Gasteiger partial charge in [0, 0.05) is 11.1 Å². The summed E-state index contributed by atoms with van der Waals surface area (Å²) in [5.74, 6) is 0. The largest absolute Gasteiger partial charge is 0.397 e. The molecular weight excluding hydrogens is 396 g/mol. The Balaban J connectivity index is 1.53. The molecule has 0 atom stereocenters. The van der Waals surface area contributed by atoms with Gasteiger partial charge in [-0.1, -0.05) is 12.1 Å². The molecule has 1 aromatic carbocycles. The number of fused-ring (bicyclic) bond motifs is 4. The average Bonchev–Trinajstić information content (AvgIpc) is 3.55. The molecule has 1 aromatic rings. The van der Waals surface area contributed by atoms with Crippen LogP contribution < -0.4 is 11.5 Å². The summed E-state index contributed by atoms with van der Waals surface area (Å²) in [5, 5.41) is 0. The molecule has 4 N–H and O–H groups in total. The van der Waals surface area contributed by atoms with Gasteiger partial charge >= 0.3 is 0 Å². The van der Waals surface area contributed by atoms with Crippen LogP contribution in [-0.2, 0) is 0 Å². The fourth-order valence-corrected chi connectivity index (χ4v) is 3.93. The molecule has 5 aliphatic heterocycles. The van der Waals surface area contributed by atoms with E-state index in [1.807, 2.05) is 79.0 Å². The van der Waals surface area contributed by atoms with Crippen LogP contribution in [0.3, 0.4) is 0 Å². The lowest BCUT2D eigenvalue weighted by Gasteiger charge is -2.09. The zero-order valence-corrected chi connectivity index (χ0v) is 17.0. The maximum Gasteiger partial charge on any atom is 0.0738 e. The second kappa shape index (κ2) is 6.99. The van der Waals surface area contributed by atoms with E-state index in [0.717, 1.165) is 56.8 Å². The normalized spacial score (nSPS) is 20.2. The summed E-state index contributed by atoms with van der Waals surface area (Å²) in [7, 11) is 0. The van der Waals surface area contributed by atoms with Crippen molar-refractivity contribution in [1.29, 1.82) is 0 Å². The van der Waals surface area contributed by atoms with Crippen molar-refractivity contribution in [2.75, 3.05) is 11.5 Å². The summed E-state index contributed by atoms with van der Waals surface area (Å²) in [5.41, 5.74) is 21.8. The Kier molecular flexibility index (Phi) is 3.98. The fraction of sp³-hybridized carbons (Fsp3) is 0. The molecule has 0 unspecified atom stereocenters. The minimum Gasteiger partial charge on any atom is -0.397 e. The van der Waals surface area contributed by atoms with Gasteiger partial charge in [0.2, 0.25) is 0 Å². The SMILES string of the molecule is Nc1cccc(C2=CC3=CC4=NC(=CC5=NC(=CC6=NC(=CC2=N3)C=C6)C=C5)C=C4)c1N. The Bertz CT molecular complexity index is 1460. The van der Waals surface area contributed by atoms with Gasteiger partial charge in [-0.2, -0.15) is 0 Å². The fourth-order valence-electron chi connectivity index (χ4n) is 3.93. The van der Waals surface area contributed by atoms with E-state index in [1.165, 1.54) is 0 Å². The van der Waals surface area contributed by atoms with Crippen molar-refractivity contribution in [2.24, 2.45) is 20.0 Å². The number of rotatable bonds is 1. The molecule has 6 nitrogen and oxygen atoms in total. The lowest BCUT2D eigenvalue weighted by atomic mass is 9.98. The summed E-state index contributed by atoms with van der Waals surface area (Å²) in [6.07, 6.45) is 21.7. The summed E-state index contributed by atoms with van der Waals surface area (Å²) >= 11 is 0. The van der Waals surface area contributed by atoms with Crippen LogP contribution in [0, 0.1) is 0 Å². The maximum absolute atomic E-state index is 6.31. The molecule has 0 saturated heterocycles. The lowest BCUT2D eigenvalue weighted by Crippen LogP contribution is -2.03. The summed E-state index contributed by atoms with van der Waals surface area (Å²) in [6, 6.07) is 5.64. The first-order valence-electron chi connectivity index (χ1n) is 10.2. The zero-order valence-electron chi connectivity index (χ0n) is 17.0. The first kappa shape index (κ1) is 18.2. The number of benzene rings is 1. The number of allylic oxidation sites excluding steroid dienone is 12. The Morgan fingerprint density at radius 1 is 0.531 bits per heavy atom. The molecule has 8 bridgehead atoms. The van der Waals surface area contributed by atoms with Crippen LogP contribution in [0.15, 0.2) is 128 Å². The third-order valence-corrected chi connectivity index (χ3v) is 5.47. The van der Waals surface area contributed by atoms with Crippen LogP contribution >= 0.6 is 0 Å². The number of hydrogen-bond acceptors (Lipinski definition) is 6. The van der Waals surface area contributed by atoms with Gasteiger partial charge in [0.1, 0.15) is 0 Å². The highest BCUT2D eigenvalue weighted by atomic mass is 14.8. The molecule has 0 amide bonds. The van der Waals surface area contributed by atoms with E-state index in [0.29, 0.717) is 11.4 Å². The van der Waals surface area contributed by atoms with Crippen LogP contribution in [0.4, 0.5) is 11.4 Å². The highest BCUT2D eigenvalue weighted by molar-refractivity contribution is 6.33. The molecule has 0 spiro atoms. The minimum atomic E-state index is 0.539. The van der Waals surface area contributed by atoms with Gasteiger partial charge in [-0.3, -0.25) is 0 Å². The molecule has 0 aliphatic carbocycles. The molecule has 5 aliphatic rings. The Morgan fingerprint density at radius 2 is 1.09 bits per heavy atom. The second-order valence-corrected chi connectivity index (χ2v) is 7.75. The van der Waals surface area contributed by atoms with Crippen molar-refractivity contribution >= 4 is 39.8 Å². The molecule has 5 heterocycles. The second-order valence-electron chi connectivity index (χ2n) is 7.75. The smallest absolute Gasteiger partial charge is 0.0738 e. The van der Waals surface area contributed by atoms with Gasteiger partial charge < -0.3 is 11.5 Å². The van der Waals surface area contributed by atoms with Crippen molar-refractivity contribution in [1.82, 2.24) is 0 Å². The number of hydrogen-bond donors (Lipinski definition) is 2. The lowest BCUT2D eigenvalue weighted by molar-refractivity contribution is 1.41. The molecule has 0 radical (unpaired) electrons. The van der Waals surface area contributed by atoms with Gasteiger partial charge in [0.15, 0.2) is 0 Å².